The quantitative estimate of drug-likeness (QED) is 0.784. The van der Waals surface area contributed by atoms with Gasteiger partial charge in [-0.05, 0) is 36.6 Å². The molecule has 1 unspecified atom stereocenters. The lowest BCUT2D eigenvalue weighted by atomic mass is 10.1. The van der Waals surface area contributed by atoms with Gasteiger partial charge in [-0.15, -0.1) is 16.9 Å². The minimum atomic E-state index is -2.29. The van der Waals surface area contributed by atoms with Gasteiger partial charge in [-0.1, -0.05) is 12.1 Å². The van der Waals surface area contributed by atoms with Crippen molar-refractivity contribution in [2.24, 2.45) is 5.92 Å². The lowest BCUT2D eigenvalue weighted by Crippen LogP contribution is -2.11. The zero-order valence-corrected chi connectivity index (χ0v) is 13.4. The smallest absolute Gasteiger partial charge is 0.239 e. The minimum Gasteiger partial charge on any atom is -0.508 e. The summed E-state index contributed by atoms with van der Waals surface area (Å²) in [6.45, 7) is 4.07. The second kappa shape index (κ2) is 7.58. The molecule has 1 aromatic carbocycles. The minimum absolute atomic E-state index is 0.128. The molecule has 0 aliphatic carbocycles. The number of benzene rings is 1. The highest BCUT2D eigenvalue weighted by Crippen LogP contribution is 2.26. The number of aromatic nitrogens is 3. The normalized spacial score (nSPS) is 12.8. The van der Waals surface area contributed by atoms with Crippen LogP contribution < -0.4 is 0 Å². The highest BCUT2D eigenvalue weighted by molar-refractivity contribution is 7.98. The molecule has 0 aliphatic rings. The van der Waals surface area contributed by atoms with Crippen LogP contribution in [0.2, 0.25) is 0 Å². The Morgan fingerprint density at radius 3 is 2.82 bits per heavy atom. The van der Waals surface area contributed by atoms with E-state index in [4.69, 9.17) is 0 Å². The maximum Gasteiger partial charge on any atom is 0.239 e. The first-order chi connectivity index (χ1) is 10.4. The number of thioether (sulfide) groups is 1. The molecule has 0 spiro atoms. The Bertz CT molecular complexity index is 619. The van der Waals surface area contributed by atoms with E-state index in [0.29, 0.717) is 12.3 Å². The molecule has 0 radical (unpaired) electrons. The van der Waals surface area contributed by atoms with Gasteiger partial charge in [0.25, 0.3) is 0 Å². The predicted molar refractivity (Wildman–Crippen MR) is 82.2 cm³/mol. The average molecular weight is 327 g/mol. The molecule has 2 rings (SSSR count). The number of halogens is 2. The van der Waals surface area contributed by atoms with Crippen molar-refractivity contribution in [2.75, 3.05) is 0 Å². The average Bonchev–Trinajstić information content (AvgIpc) is 2.86. The largest absolute Gasteiger partial charge is 0.508 e. The fraction of sp³-hybridized carbons (Fsp3) is 0.467. The predicted octanol–water partition coefficient (Wildman–Crippen LogP) is 3.88. The SMILES string of the molecule is Cc1cc(SCc2cn(CC(C)CC(F)F)nn2)ccc1O. The summed E-state index contributed by atoms with van der Waals surface area (Å²) in [5.74, 6) is 0.790. The molecule has 1 heterocycles. The Hall–Kier alpha value is -1.63. The molecule has 1 N–H and O–H groups in total. The molecule has 22 heavy (non-hydrogen) atoms. The third-order valence-electron chi connectivity index (χ3n) is 3.22. The van der Waals surface area contributed by atoms with E-state index in [1.807, 2.05) is 19.1 Å². The number of aromatic hydroxyl groups is 1. The summed E-state index contributed by atoms with van der Waals surface area (Å²) in [6, 6.07) is 5.43. The van der Waals surface area contributed by atoms with E-state index < -0.39 is 6.43 Å². The summed E-state index contributed by atoms with van der Waals surface area (Å²) < 4.78 is 26.2. The Morgan fingerprint density at radius 2 is 2.14 bits per heavy atom. The van der Waals surface area contributed by atoms with Gasteiger partial charge in [0.05, 0.1) is 5.69 Å². The van der Waals surface area contributed by atoms with Gasteiger partial charge in [-0.25, -0.2) is 8.78 Å². The van der Waals surface area contributed by atoms with Crippen LogP contribution in [-0.4, -0.2) is 26.5 Å². The second-order valence-corrected chi connectivity index (χ2v) is 6.45. The number of rotatable bonds is 7. The maximum atomic E-state index is 12.3. The number of hydrogen-bond acceptors (Lipinski definition) is 4. The highest BCUT2D eigenvalue weighted by Gasteiger charge is 2.12. The molecule has 0 amide bonds. The van der Waals surface area contributed by atoms with E-state index in [1.54, 1.807) is 35.6 Å². The molecule has 7 heteroatoms. The topological polar surface area (TPSA) is 50.9 Å². The fourth-order valence-electron chi connectivity index (χ4n) is 2.07. The van der Waals surface area contributed by atoms with Gasteiger partial charge < -0.3 is 5.11 Å². The molecule has 120 valence electrons. The molecule has 1 atom stereocenters. The van der Waals surface area contributed by atoms with Gasteiger partial charge >= 0.3 is 0 Å². The molecule has 0 saturated carbocycles. The van der Waals surface area contributed by atoms with Crippen LogP contribution in [0, 0.1) is 12.8 Å². The highest BCUT2D eigenvalue weighted by atomic mass is 32.2. The van der Waals surface area contributed by atoms with Crippen molar-refractivity contribution < 1.29 is 13.9 Å². The summed E-state index contributed by atoms with van der Waals surface area (Å²) in [5.41, 5.74) is 1.63. The molecular weight excluding hydrogens is 308 g/mol. The van der Waals surface area contributed by atoms with Crippen molar-refractivity contribution in [3.63, 3.8) is 0 Å². The molecule has 4 nitrogen and oxygen atoms in total. The van der Waals surface area contributed by atoms with E-state index in [-0.39, 0.29) is 18.1 Å². The summed E-state index contributed by atoms with van der Waals surface area (Å²) in [5, 5.41) is 17.5. The number of phenols is 1. The van der Waals surface area contributed by atoms with Gasteiger partial charge in [-0.2, -0.15) is 0 Å². The summed E-state index contributed by atoms with van der Waals surface area (Å²) in [7, 11) is 0. The van der Waals surface area contributed by atoms with E-state index in [1.165, 1.54) is 0 Å². The third kappa shape index (κ3) is 4.98. The first kappa shape index (κ1) is 16.7. The van der Waals surface area contributed by atoms with E-state index >= 15 is 0 Å². The van der Waals surface area contributed by atoms with Crippen LogP contribution in [0.1, 0.15) is 24.6 Å². The zero-order chi connectivity index (χ0) is 16.1. The molecule has 2 aromatic rings. The number of alkyl halides is 2. The van der Waals surface area contributed by atoms with Crippen molar-refractivity contribution in [3.05, 3.63) is 35.7 Å². The molecule has 0 saturated heterocycles. The molecule has 0 aliphatic heterocycles. The van der Waals surface area contributed by atoms with Crippen LogP contribution in [-0.2, 0) is 12.3 Å². The van der Waals surface area contributed by atoms with Gasteiger partial charge in [0.15, 0.2) is 0 Å². The van der Waals surface area contributed by atoms with Crippen LogP contribution in [0.5, 0.6) is 5.75 Å². The fourth-order valence-corrected chi connectivity index (χ4v) is 2.94. The van der Waals surface area contributed by atoms with Gasteiger partial charge in [0.1, 0.15) is 5.75 Å². The van der Waals surface area contributed by atoms with Crippen molar-refractivity contribution in [2.45, 2.75) is 43.9 Å². The Balaban J connectivity index is 1.87. The first-order valence-electron chi connectivity index (χ1n) is 7.03. The van der Waals surface area contributed by atoms with Crippen LogP contribution >= 0.6 is 11.8 Å². The number of hydrogen-bond donors (Lipinski definition) is 1. The third-order valence-corrected chi connectivity index (χ3v) is 4.25. The van der Waals surface area contributed by atoms with Crippen molar-refractivity contribution in [1.82, 2.24) is 15.0 Å². The van der Waals surface area contributed by atoms with Crippen molar-refractivity contribution in [1.29, 1.82) is 0 Å². The number of phenolic OH excluding ortho intramolecular Hbond substituents is 1. The molecule has 1 aromatic heterocycles. The zero-order valence-electron chi connectivity index (χ0n) is 12.5. The number of aryl methyl sites for hydroxylation is 1. The molecule has 0 fully saturated rings. The van der Waals surface area contributed by atoms with Crippen LogP contribution in [0.25, 0.3) is 0 Å². The van der Waals surface area contributed by atoms with Crippen molar-refractivity contribution in [3.8, 4) is 5.75 Å². The van der Waals surface area contributed by atoms with Gasteiger partial charge in [-0.3, -0.25) is 4.68 Å². The van der Waals surface area contributed by atoms with Crippen LogP contribution in [0.4, 0.5) is 8.78 Å². The molecule has 0 bridgehead atoms. The lowest BCUT2D eigenvalue weighted by molar-refractivity contribution is 0.113. The standard InChI is InChI=1S/C15H19F2N3OS/c1-10(5-15(16)17)7-20-8-12(18-19-20)9-22-13-3-4-14(21)11(2)6-13/h3-4,6,8,10,15,21H,5,7,9H2,1-2H3. The number of nitrogens with zero attached hydrogens (tertiary/aromatic N) is 3. The Kier molecular flexibility index (Phi) is 5.76. The summed E-state index contributed by atoms with van der Waals surface area (Å²) >= 11 is 1.59. The Morgan fingerprint density at radius 1 is 1.36 bits per heavy atom. The van der Waals surface area contributed by atoms with Crippen LogP contribution in [0.15, 0.2) is 29.3 Å². The lowest BCUT2D eigenvalue weighted by Gasteiger charge is -2.09. The van der Waals surface area contributed by atoms with E-state index in [9.17, 15) is 13.9 Å². The van der Waals surface area contributed by atoms with E-state index in [2.05, 4.69) is 10.3 Å². The monoisotopic (exact) mass is 327 g/mol. The maximum absolute atomic E-state index is 12.3. The molecular formula is C15H19F2N3OS. The van der Waals surface area contributed by atoms with Crippen LogP contribution in [0.3, 0.4) is 0 Å². The van der Waals surface area contributed by atoms with Crippen molar-refractivity contribution >= 4 is 11.8 Å². The van der Waals surface area contributed by atoms with Gasteiger partial charge in [0, 0.05) is 29.8 Å². The van der Waals surface area contributed by atoms with Gasteiger partial charge in [0.2, 0.25) is 6.43 Å². The summed E-state index contributed by atoms with van der Waals surface area (Å²) in [6.07, 6.45) is -0.620. The Labute approximate surface area is 132 Å². The first-order valence-corrected chi connectivity index (χ1v) is 8.02. The second-order valence-electron chi connectivity index (χ2n) is 5.40. The van der Waals surface area contributed by atoms with E-state index in [0.717, 1.165) is 16.2 Å². The summed E-state index contributed by atoms with van der Waals surface area (Å²) in [4.78, 5) is 1.04.